The predicted octanol–water partition coefficient (Wildman–Crippen LogP) is 10.9. The van der Waals surface area contributed by atoms with E-state index in [-0.39, 0.29) is 18.1 Å². The van der Waals surface area contributed by atoms with Crippen molar-refractivity contribution in [2.45, 2.75) is 102 Å². The fourth-order valence-electron chi connectivity index (χ4n) is 6.66. The van der Waals surface area contributed by atoms with Gasteiger partial charge in [0.05, 0.1) is 5.56 Å². The Hall–Kier alpha value is -2.32. The molecule has 2 aliphatic carbocycles. The predicted molar refractivity (Wildman–Crippen MR) is 137 cm³/mol. The van der Waals surface area contributed by atoms with E-state index in [9.17, 15) is 35.1 Å². The average Bonchev–Trinajstić information content (AvgIpc) is 2.87. The lowest BCUT2D eigenvalue weighted by atomic mass is 9.68. The van der Waals surface area contributed by atoms with Crippen molar-refractivity contribution in [2.75, 3.05) is 0 Å². The van der Waals surface area contributed by atoms with Gasteiger partial charge in [0.1, 0.15) is 28.8 Å². The van der Waals surface area contributed by atoms with Crippen LogP contribution in [0.15, 0.2) is 30.3 Å². The van der Waals surface area contributed by atoms with E-state index in [4.69, 9.17) is 0 Å². The lowest BCUT2D eigenvalue weighted by Crippen LogP contribution is -2.26. The van der Waals surface area contributed by atoms with Crippen LogP contribution >= 0.6 is 0 Å². The van der Waals surface area contributed by atoms with Crippen LogP contribution < -0.4 is 4.74 Å². The molecule has 222 valence electrons. The monoisotopic (exact) mass is 576 g/mol. The highest BCUT2D eigenvalue weighted by Crippen LogP contribution is 2.45. The van der Waals surface area contributed by atoms with Gasteiger partial charge in [0, 0.05) is 12.1 Å². The number of benzene rings is 2. The van der Waals surface area contributed by atoms with Crippen LogP contribution in [0.3, 0.4) is 0 Å². The summed E-state index contributed by atoms with van der Waals surface area (Å²) < 4.78 is 114. The second-order valence-electron chi connectivity index (χ2n) is 11.5. The van der Waals surface area contributed by atoms with Crippen molar-refractivity contribution in [1.29, 1.82) is 0 Å². The average molecular weight is 577 g/mol. The Balaban J connectivity index is 1.34. The zero-order valence-electron chi connectivity index (χ0n) is 22.6. The molecule has 0 aromatic heterocycles. The maximum Gasteiger partial charge on any atom is 0.429 e. The van der Waals surface area contributed by atoms with Crippen LogP contribution in [-0.2, 0) is 12.3 Å². The number of ether oxygens (including phenoxy) is 1. The Bertz CT molecular complexity index is 1110. The summed E-state index contributed by atoms with van der Waals surface area (Å²) in [4.78, 5) is 0. The second-order valence-corrected chi connectivity index (χ2v) is 11.5. The number of unbranched alkanes of at least 4 members (excludes halogenated alkanes) is 2. The number of alkyl halides is 5. The third-order valence-electron chi connectivity index (χ3n) is 8.87. The van der Waals surface area contributed by atoms with Gasteiger partial charge in [0.25, 0.3) is 0 Å². The lowest BCUT2D eigenvalue weighted by Gasteiger charge is -2.38. The standard InChI is InChI=1S/C31H36F8O/c1-2-3-4-5-19-6-8-20(9-7-19)21-10-12-22(13-11-21)23-14-15-25(26(32)16-23)31(38,39)40-24-17-27(33)29(28(34)18-24)30(35,36)37/h14-22H,2-13H2,1H3/t19-,20-,21?,22?. The van der Waals surface area contributed by atoms with E-state index in [1.165, 1.54) is 57.4 Å². The third kappa shape index (κ3) is 7.30. The fraction of sp³-hybridized carbons (Fsp3) is 0.613. The maximum absolute atomic E-state index is 14.8. The number of hydrogen-bond acceptors (Lipinski definition) is 1. The van der Waals surface area contributed by atoms with Gasteiger partial charge in [-0.1, -0.05) is 51.5 Å². The molecule has 0 atom stereocenters. The first-order chi connectivity index (χ1) is 18.9. The van der Waals surface area contributed by atoms with Gasteiger partial charge in [-0.25, -0.2) is 13.2 Å². The van der Waals surface area contributed by atoms with Crippen LogP contribution in [0.2, 0.25) is 0 Å². The molecule has 0 amide bonds. The molecule has 9 heteroatoms. The first kappa shape index (κ1) is 30.6. The van der Waals surface area contributed by atoms with E-state index in [1.807, 2.05) is 0 Å². The summed E-state index contributed by atoms with van der Waals surface area (Å²) in [7, 11) is 0. The molecular formula is C31H36F8O. The Kier molecular flexibility index (Phi) is 9.71. The molecule has 0 N–H and O–H groups in total. The van der Waals surface area contributed by atoms with Crippen molar-refractivity contribution in [2.24, 2.45) is 17.8 Å². The summed E-state index contributed by atoms with van der Waals surface area (Å²) in [6.07, 6.45) is 4.30. The Morgan fingerprint density at radius 3 is 1.82 bits per heavy atom. The Morgan fingerprint density at radius 2 is 1.30 bits per heavy atom. The van der Waals surface area contributed by atoms with Crippen molar-refractivity contribution >= 4 is 0 Å². The van der Waals surface area contributed by atoms with E-state index in [0.717, 1.165) is 49.7 Å². The molecule has 0 spiro atoms. The molecule has 0 radical (unpaired) electrons. The van der Waals surface area contributed by atoms with Gasteiger partial charge in [-0.05, 0) is 79.9 Å². The quantitative estimate of drug-likeness (QED) is 0.213. The topological polar surface area (TPSA) is 9.23 Å². The highest BCUT2D eigenvalue weighted by Gasteiger charge is 2.41. The Morgan fingerprint density at radius 1 is 0.725 bits per heavy atom. The highest BCUT2D eigenvalue weighted by atomic mass is 19.4. The van der Waals surface area contributed by atoms with Crippen LogP contribution in [0, 0.1) is 35.2 Å². The number of hydrogen-bond donors (Lipinski definition) is 0. The van der Waals surface area contributed by atoms with E-state index in [0.29, 0.717) is 11.5 Å². The molecule has 40 heavy (non-hydrogen) atoms. The minimum absolute atomic E-state index is 0.00343. The smallest absolute Gasteiger partial charge is 0.429 e. The van der Waals surface area contributed by atoms with Gasteiger partial charge in [-0.15, -0.1) is 0 Å². The maximum atomic E-state index is 14.8. The number of rotatable bonds is 9. The zero-order chi connectivity index (χ0) is 29.1. The van der Waals surface area contributed by atoms with Crippen LogP contribution in [0.25, 0.3) is 0 Å². The summed E-state index contributed by atoms with van der Waals surface area (Å²) in [5.74, 6) is -4.41. The molecule has 2 aromatic carbocycles. The lowest BCUT2D eigenvalue weighted by molar-refractivity contribution is -0.187. The zero-order valence-corrected chi connectivity index (χ0v) is 22.6. The summed E-state index contributed by atoms with van der Waals surface area (Å²) in [6.45, 7) is 2.22. The van der Waals surface area contributed by atoms with Crippen molar-refractivity contribution in [3.8, 4) is 5.75 Å². The van der Waals surface area contributed by atoms with Gasteiger partial charge < -0.3 is 4.74 Å². The first-order valence-corrected chi connectivity index (χ1v) is 14.3. The van der Waals surface area contributed by atoms with Gasteiger partial charge in [0.15, 0.2) is 0 Å². The van der Waals surface area contributed by atoms with Crippen molar-refractivity contribution in [1.82, 2.24) is 0 Å². The van der Waals surface area contributed by atoms with Gasteiger partial charge in [-0.2, -0.15) is 22.0 Å². The van der Waals surface area contributed by atoms with Gasteiger partial charge in [0.2, 0.25) is 0 Å². The molecule has 0 aliphatic heterocycles. The molecule has 4 rings (SSSR count). The number of halogens is 8. The molecule has 0 heterocycles. The molecule has 2 aliphatic rings. The minimum Gasteiger partial charge on any atom is -0.429 e. The van der Waals surface area contributed by atoms with Crippen LogP contribution in [0.1, 0.15) is 107 Å². The fourth-order valence-corrected chi connectivity index (χ4v) is 6.66. The molecule has 0 saturated heterocycles. The van der Waals surface area contributed by atoms with Crippen molar-refractivity contribution in [3.05, 3.63) is 64.5 Å². The molecule has 0 unspecified atom stereocenters. The van der Waals surface area contributed by atoms with E-state index >= 15 is 0 Å². The first-order valence-electron chi connectivity index (χ1n) is 14.3. The molecular weight excluding hydrogens is 540 g/mol. The summed E-state index contributed by atoms with van der Waals surface area (Å²) in [5.41, 5.74) is -2.79. The molecule has 2 aromatic rings. The van der Waals surface area contributed by atoms with Crippen molar-refractivity contribution in [3.63, 3.8) is 0 Å². The summed E-state index contributed by atoms with van der Waals surface area (Å²) in [5, 5.41) is 0. The molecule has 1 nitrogen and oxygen atoms in total. The highest BCUT2D eigenvalue weighted by molar-refractivity contribution is 5.34. The van der Waals surface area contributed by atoms with Crippen LogP contribution in [0.5, 0.6) is 5.75 Å². The van der Waals surface area contributed by atoms with Gasteiger partial charge >= 0.3 is 12.3 Å². The SMILES string of the molecule is CCCCC[C@H]1CC[C@H](C2CCC(c3ccc(C(F)(F)Oc4cc(F)c(C(F)(F)F)c(F)c4)c(F)c3)CC2)CC1. The second kappa shape index (κ2) is 12.7. The van der Waals surface area contributed by atoms with Crippen LogP contribution in [0.4, 0.5) is 35.1 Å². The minimum atomic E-state index is -5.36. The van der Waals surface area contributed by atoms with E-state index in [1.54, 1.807) is 0 Å². The van der Waals surface area contributed by atoms with Crippen LogP contribution in [-0.4, -0.2) is 0 Å². The molecule has 2 fully saturated rings. The van der Waals surface area contributed by atoms with E-state index in [2.05, 4.69) is 11.7 Å². The normalized spacial score (nSPS) is 24.2. The summed E-state index contributed by atoms with van der Waals surface area (Å²) >= 11 is 0. The van der Waals surface area contributed by atoms with Gasteiger partial charge in [-0.3, -0.25) is 0 Å². The summed E-state index contributed by atoms with van der Waals surface area (Å²) in [6, 6.07) is 3.31. The Labute approximate surface area is 230 Å². The third-order valence-corrected chi connectivity index (χ3v) is 8.87. The molecule has 2 saturated carbocycles. The largest absolute Gasteiger partial charge is 0.429 e. The molecule has 0 bridgehead atoms. The van der Waals surface area contributed by atoms with E-state index < -0.39 is 46.6 Å². The van der Waals surface area contributed by atoms with Crippen molar-refractivity contribution < 1.29 is 39.9 Å².